The van der Waals surface area contributed by atoms with Gasteiger partial charge < -0.3 is 24.4 Å². The summed E-state index contributed by atoms with van der Waals surface area (Å²) in [6.07, 6.45) is 1.05. The van der Waals surface area contributed by atoms with E-state index in [0.29, 0.717) is 38.8 Å². The van der Waals surface area contributed by atoms with E-state index in [2.05, 4.69) is 10.2 Å². The van der Waals surface area contributed by atoms with Crippen LogP contribution >= 0.6 is 0 Å². The van der Waals surface area contributed by atoms with E-state index >= 15 is 0 Å². The van der Waals surface area contributed by atoms with Crippen molar-refractivity contribution in [2.24, 2.45) is 0 Å². The summed E-state index contributed by atoms with van der Waals surface area (Å²) >= 11 is 0. The lowest BCUT2D eigenvalue weighted by molar-refractivity contribution is 0.0126. The van der Waals surface area contributed by atoms with Crippen molar-refractivity contribution in [3.8, 4) is 0 Å². The van der Waals surface area contributed by atoms with E-state index < -0.39 is 11.7 Å². The van der Waals surface area contributed by atoms with E-state index in [1.54, 1.807) is 12.0 Å². The number of amides is 2. The van der Waals surface area contributed by atoms with Gasteiger partial charge in [-0.1, -0.05) is 30.3 Å². The highest BCUT2D eigenvalue weighted by Crippen LogP contribution is 2.19. The molecule has 31 heavy (non-hydrogen) atoms. The molecule has 0 atom stereocenters. The molecule has 174 valence electrons. The molecule has 1 heterocycles. The molecular formula is C23H37N3O5. The zero-order chi connectivity index (χ0) is 22.7. The molecule has 0 aromatic heterocycles. The van der Waals surface area contributed by atoms with Gasteiger partial charge in [-0.05, 0) is 39.2 Å². The van der Waals surface area contributed by atoms with Gasteiger partial charge in [0.2, 0.25) is 0 Å². The van der Waals surface area contributed by atoms with Crippen molar-refractivity contribution in [3.63, 3.8) is 0 Å². The summed E-state index contributed by atoms with van der Waals surface area (Å²) in [6.45, 7) is 9.78. The smallest absolute Gasteiger partial charge is 0.410 e. The number of hydrogen-bond donors (Lipinski definition) is 1. The number of likely N-dealkylation sites (tertiary alicyclic amines) is 1. The van der Waals surface area contributed by atoms with Gasteiger partial charge in [-0.3, -0.25) is 4.90 Å². The second-order valence-corrected chi connectivity index (χ2v) is 8.72. The van der Waals surface area contributed by atoms with Gasteiger partial charge >= 0.3 is 12.2 Å². The SMILES string of the molecule is COCCN(CCNC(=O)OCc1ccccc1)C1CCN(C(=O)OC(C)(C)C)CC1. The van der Waals surface area contributed by atoms with Crippen LogP contribution in [0.2, 0.25) is 0 Å². The standard InChI is InChI=1S/C23H37N3O5/c1-23(2,3)31-22(28)26-13-10-20(11-14-26)25(16-17-29-4)15-12-24-21(27)30-18-19-8-6-5-7-9-19/h5-9,20H,10-18H2,1-4H3,(H,24,27). The number of alkyl carbamates (subject to hydrolysis) is 1. The Balaban J connectivity index is 1.74. The van der Waals surface area contributed by atoms with Gasteiger partial charge in [0.05, 0.1) is 6.61 Å². The Bertz CT molecular complexity index is 670. The highest BCUT2D eigenvalue weighted by atomic mass is 16.6. The van der Waals surface area contributed by atoms with Crippen LogP contribution in [0.3, 0.4) is 0 Å². The highest BCUT2D eigenvalue weighted by molar-refractivity contribution is 5.68. The molecule has 1 aromatic rings. The number of rotatable bonds is 9. The second-order valence-electron chi connectivity index (χ2n) is 8.72. The normalized spacial score (nSPS) is 15.1. The quantitative estimate of drug-likeness (QED) is 0.641. The lowest BCUT2D eigenvalue weighted by Crippen LogP contribution is -2.50. The van der Waals surface area contributed by atoms with E-state index in [0.717, 1.165) is 24.9 Å². The van der Waals surface area contributed by atoms with Crippen LogP contribution in [0.1, 0.15) is 39.2 Å². The molecule has 0 unspecified atom stereocenters. The van der Waals surface area contributed by atoms with Crippen molar-refractivity contribution < 1.29 is 23.8 Å². The molecule has 0 radical (unpaired) electrons. The van der Waals surface area contributed by atoms with E-state index in [1.165, 1.54) is 0 Å². The van der Waals surface area contributed by atoms with Gasteiger partial charge in [-0.15, -0.1) is 0 Å². The number of nitrogens with one attached hydrogen (secondary N) is 1. The number of methoxy groups -OCH3 is 1. The molecule has 0 saturated carbocycles. The molecule has 0 spiro atoms. The summed E-state index contributed by atoms with van der Waals surface area (Å²) in [5, 5.41) is 2.82. The molecule has 1 aliphatic rings. The Hall–Kier alpha value is -2.32. The summed E-state index contributed by atoms with van der Waals surface area (Å²) < 4.78 is 16.0. The van der Waals surface area contributed by atoms with E-state index in [-0.39, 0.29) is 12.7 Å². The monoisotopic (exact) mass is 435 g/mol. The first-order valence-corrected chi connectivity index (χ1v) is 10.9. The van der Waals surface area contributed by atoms with Gasteiger partial charge in [-0.25, -0.2) is 9.59 Å². The summed E-state index contributed by atoms with van der Waals surface area (Å²) in [6, 6.07) is 9.93. The summed E-state index contributed by atoms with van der Waals surface area (Å²) in [7, 11) is 1.68. The molecule has 1 aromatic carbocycles. The maximum absolute atomic E-state index is 12.3. The minimum absolute atomic E-state index is 0.253. The maximum Gasteiger partial charge on any atom is 0.410 e. The van der Waals surface area contributed by atoms with Crippen LogP contribution in [-0.4, -0.2) is 80.1 Å². The average Bonchev–Trinajstić information content (AvgIpc) is 2.74. The zero-order valence-electron chi connectivity index (χ0n) is 19.3. The summed E-state index contributed by atoms with van der Waals surface area (Å²) in [5.74, 6) is 0. The lowest BCUT2D eigenvalue weighted by Gasteiger charge is -2.38. The van der Waals surface area contributed by atoms with Crippen LogP contribution in [-0.2, 0) is 20.8 Å². The number of benzene rings is 1. The third-order valence-corrected chi connectivity index (χ3v) is 5.10. The van der Waals surface area contributed by atoms with Gasteiger partial charge in [-0.2, -0.15) is 0 Å². The fourth-order valence-corrected chi connectivity index (χ4v) is 3.50. The Kier molecular flexibility index (Phi) is 10.1. The predicted molar refractivity (Wildman–Crippen MR) is 119 cm³/mol. The molecule has 8 nitrogen and oxygen atoms in total. The molecule has 0 aliphatic carbocycles. The molecule has 1 fully saturated rings. The predicted octanol–water partition coefficient (Wildman–Crippen LogP) is 3.26. The zero-order valence-corrected chi connectivity index (χ0v) is 19.3. The van der Waals surface area contributed by atoms with E-state index in [1.807, 2.05) is 51.1 Å². The Morgan fingerprint density at radius 3 is 2.42 bits per heavy atom. The van der Waals surface area contributed by atoms with Crippen molar-refractivity contribution in [3.05, 3.63) is 35.9 Å². The van der Waals surface area contributed by atoms with Crippen molar-refractivity contribution in [2.75, 3.05) is 46.4 Å². The molecule has 2 rings (SSSR count). The maximum atomic E-state index is 12.3. The van der Waals surface area contributed by atoms with Crippen LogP contribution in [0.5, 0.6) is 0 Å². The van der Waals surface area contributed by atoms with Crippen molar-refractivity contribution in [1.82, 2.24) is 15.1 Å². The van der Waals surface area contributed by atoms with E-state index in [4.69, 9.17) is 14.2 Å². The number of carbonyl (C=O) groups is 2. The molecule has 1 N–H and O–H groups in total. The lowest BCUT2D eigenvalue weighted by atomic mass is 10.0. The van der Waals surface area contributed by atoms with Crippen LogP contribution < -0.4 is 5.32 Å². The van der Waals surface area contributed by atoms with Gasteiger partial charge in [0, 0.05) is 45.9 Å². The molecule has 0 bridgehead atoms. The molecular weight excluding hydrogens is 398 g/mol. The van der Waals surface area contributed by atoms with Crippen LogP contribution in [0.25, 0.3) is 0 Å². The van der Waals surface area contributed by atoms with Crippen LogP contribution in [0.15, 0.2) is 30.3 Å². The Morgan fingerprint density at radius 1 is 1.13 bits per heavy atom. The van der Waals surface area contributed by atoms with Crippen LogP contribution in [0, 0.1) is 0 Å². The number of ether oxygens (including phenoxy) is 3. The third-order valence-electron chi connectivity index (χ3n) is 5.10. The first-order chi connectivity index (χ1) is 14.8. The van der Waals surface area contributed by atoms with Gasteiger partial charge in [0.1, 0.15) is 12.2 Å². The van der Waals surface area contributed by atoms with E-state index in [9.17, 15) is 9.59 Å². The highest BCUT2D eigenvalue weighted by Gasteiger charge is 2.29. The number of piperidine rings is 1. The largest absolute Gasteiger partial charge is 0.445 e. The fourth-order valence-electron chi connectivity index (χ4n) is 3.50. The van der Waals surface area contributed by atoms with Gasteiger partial charge in [0.25, 0.3) is 0 Å². The summed E-state index contributed by atoms with van der Waals surface area (Å²) in [4.78, 5) is 28.4. The number of carbonyl (C=O) groups excluding carboxylic acids is 2. The Morgan fingerprint density at radius 2 is 1.81 bits per heavy atom. The molecule has 1 saturated heterocycles. The van der Waals surface area contributed by atoms with Crippen molar-refractivity contribution >= 4 is 12.2 Å². The topological polar surface area (TPSA) is 80.3 Å². The molecule has 2 amide bonds. The first kappa shape index (κ1) is 24.9. The second kappa shape index (κ2) is 12.5. The molecule has 8 heteroatoms. The minimum atomic E-state index is -0.487. The third kappa shape index (κ3) is 9.57. The van der Waals surface area contributed by atoms with Crippen molar-refractivity contribution in [2.45, 2.75) is 51.9 Å². The average molecular weight is 436 g/mol. The first-order valence-electron chi connectivity index (χ1n) is 10.9. The van der Waals surface area contributed by atoms with Crippen molar-refractivity contribution in [1.29, 1.82) is 0 Å². The Labute approximate surface area is 185 Å². The minimum Gasteiger partial charge on any atom is -0.445 e. The number of hydrogen-bond acceptors (Lipinski definition) is 6. The van der Waals surface area contributed by atoms with Crippen LogP contribution in [0.4, 0.5) is 9.59 Å². The fraction of sp³-hybridized carbons (Fsp3) is 0.652. The molecule has 1 aliphatic heterocycles. The number of nitrogens with zero attached hydrogens (tertiary/aromatic N) is 2. The van der Waals surface area contributed by atoms with Gasteiger partial charge in [0.15, 0.2) is 0 Å². The summed E-state index contributed by atoms with van der Waals surface area (Å²) in [5.41, 5.74) is 0.468.